The van der Waals surface area contributed by atoms with Crippen LogP contribution in [0.3, 0.4) is 0 Å². The summed E-state index contributed by atoms with van der Waals surface area (Å²) in [4.78, 5) is 27.8. The third-order valence-electron chi connectivity index (χ3n) is 2.78. The van der Waals surface area contributed by atoms with E-state index in [0.29, 0.717) is 14.6 Å². The largest absolute Gasteiger partial charge is 0.295 e. The van der Waals surface area contributed by atoms with Gasteiger partial charge in [-0.25, -0.2) is 0 Å². The molecule has 0 unspecified atom stereocenters. The highest BCUT2D eigenvalue weighted by Crippen LogP contribution is 2.22. The van der Waals surface area contributed by atoms with Crippen LogP contribution < -0.4 is 15.7 Å². The quantitative estimate of drug-likeness (QED) is 0.676. The Morgan fingerprint density at radius 3 is 2.71 bits per heavy atom. The fraction of sp³-hybridized carbons (Fsp3) is 0.0769. The van der Waals surface area contributed by atoms with Crippen molar-refractivity contribution < 1.29 is 0 Å². The standard InChI is InChI=1S/C13H7Cl2N3O2S/c1-6-11(19)16-13-18(17-6)12(20)10(21-13)5-7-2-3-8(14)9(15)4-7/h2-5H,1H3. The normalized spacial score (nSPS) is 12.2. The highest BCUT2D eigenvalue weighted by molar-refractivity contribution is 7.15. The molecule has 0 saturated carbocycles. The average Bonchev–Trinajstić information content (AvgIpc) is 2.72. The van der Waals surface area contributed by atoms with E-state index in [4.69, 9.17) is 23.2 Å². The van der Waals surface area contributed by atoms with E-state index in [1.54, 1.807) is 24.3 Å². The van der Waals surface area contributed by atoms with Gasteiger partial charge in [0.15, 0.2) is 0 Å². The van der Waals surface area contributed by atoms with Crippen LogP contribution in [0.1, 0.15) is 11.3 Å². The number of aryl methyl sites for hydroxylation is 1. The van der Waals surface area contributed by atoms with Crippen molar-refractivity contribution >= 4 is 45.6 Å². The first-order valence-corrected chi connectivity index (χ1v) is 7.40. The van der Waals surface area contributed by atoms with Gasteiger partial charge in [-0.2, -0.15) is 14.6 Å². The molecule has 21 heavy (non-hydrogen) atoms. The highest BCUT2D eigenvalue weighted by atomic mass is 35.5. The predicted molar refractivity (Wildman–Crippen MR) is 83.4 cm³/mol. The third kappa shape index (κ3) is 2.57. The molecule has 0 atom stereocenters. The minimum Gasteiger partial charge on any atom is -0.266 e. The molecule has 1 aromatic carbocycles. The van der Waals surface area contributed by atoms with Gasteiger partial charge < -0.3 is 0 Å². The monoisotopic (exact) mass is 339 g/mol. The summed E-state index contributed by atoms with van der Waals surface area (Å²) in [5.74, 6) is 0. The second-order valence-corrected chi connectivity index (χ2v) is 6.11. The Bertz CT molecular complexity index is 1030. The van der Waals surface area contributed by atoms with Gasteiger partial charge in [-0.15, -0.1) is 0 Å². The number of halogens is 2. The Morgan fingerprint density at radius 1 is 1.24 bits per heavy atom. The number of thiazole rings is 1. The molecular formula is C13H7Cl2N3O2S. The zero-order valence-electron chi connectivity index (χ0n) is 10.6. The Labute approximate surface area is 132 Å². The molecule has 0 radical (unpaired) electrons. The van der Waals surface area contributed by atoms with E-state index in [1.807, 2.05) is 0 Å². The number of nitrogens with zero attached hydrogens (tertiary/aromatic N) is 3. The molecule has 2 heterocycles. The van der Waals surface area contributed by atoms with Gasteiger partial charge in [0, 0.05) is 0 Å². The molecule has 0 aliphatic rings. The maximum absolute atomic E-state index is 12.2. The zero-order chi connectivity index (χ0) is 15.1. The second-order valence-electron chi connectivity index (χ2n) is 4.29. The molecule has 0 fully saturated rings. The lowest BCUT2D eigenvalue weighted by Gasteiger charge is -1.96. The van der Waals surface area contributed by atoms with Gasteiger partial charge in [0.1, 0.15) is 5.69 Å². The van der Waals surface area contributed by atoms with Crippen LogP contribution in [-0.4, -0.2) is 14.6 Å². The molecule has 0 bridgehead atoms. The van der Waals surface area contributed by atoms with E-state index in [2.05, 4.69) is 10.1 Å². The van der Waals surface area contributed by atoms with Gasteiger partial charge in [-0.3, -0.25) is 9.59 Å². The smallest absolute Gasteiger partial charge is 0.266 e. The van der Waals surface area contributed by atoms with Gasteiger partial charge in [-0.05, 0) is 30.7 Å². The summed E-state index contributed by atoms with van der Waals surface area (Å²) < 4.78 is 1.54. The average molecular weight is 340 g/mol. The van der Waals surface area contributed by atoms with E-state index in [9.17, 15) is 9.59 Å². The molecule has 0 amide bonds. The second kappa shape index (κ2) is 5.22. The van der Waals surface area contributed by atoms with Crippen molar-refractivity contribution in [2.24, 2.45) is 0 Å². The number of rotatable bonds is 1. The summed E-state index contributed by atoms with van der Waals surface area (Å²) in [6, 6.07) is 5.05. The maximum Gasteiger partial charge on any atom is 0.295 e. The maximum atomic E-state index is 12.2. The molecule has 0 spiro atoms. The van der Waals surface area contributed by atoms with E-state index in [-0.39, 0.29) is 16.2 Å². The minimum atomic E-state index is -0.433. The van der Waals surface area contributed by atoms with Gasteiger partial charge in [0.25, 0.3) is 11.1 Å². The summed E-state index contributed by atoms with van der Waals surface area (Å²) in [6.45, 7) is 1.52. The van der Waals surface area contributed by atoms with Crippen LogP contribution in [0.2, 0.25) is 10.0 Å². The van der Waals surface area contributed by atoms with Crippen molar-refractivity contribution in [1.29, 1.82) is 0 Å². The van der Waals surface area contributed by atoms with Crippen molar-refractivity contribution in [2.45, 2.75) is 6.92 Å². The number of hydrogen-bond donors (Lipinski definition) is 0. The van der Waals surface area contributed by atoms with Crippen molar-refractivity contribution in [3.63, 3.8) is 0 Å². The molecule has 0 saturated heterocycles. The predicted octanol–water partition coefficient (Wildman–Crippen LogP) is 1.67. The Hall–Kier alpha value is -1.76. The molecular weight excluding hydrogens is 333 g/mol. The Balaban J connectivity index is 2.27. The van der Waals surface area contributed by atoms with E-state index in [0.717, 1.165) is 21.4 Å². The fourth-order valence-corrected chi connectivity index (χ4v) is 2.95. The molecule has 2 aromatic heterocycles. The molecule has 5 nitrogen and oxygen atoms in total. The summed E-state index contributed by atoms with van der Waals surface area (Å²) >= 11 is 12.9. The van der Waals surface area contributed by atoms with Crippen LogP contribution in [0.4, 0.5) is 0 Å². The lowest BCUT2D eigenvalue weighted by atomic mass is 10.2. The molecule has 3 aromatic rings. The topological polar surface area (TPSA) is 64.3 Å². The van der Waals surface area contributed by atoms with Crippen molar-refractivity contribution in [1.82, 2.24) is 14.6 Å². The summed E-state index contributed by atoms with van der Waals surface area (Å²) in [5, 5.41) is 4.79. The first-order chi connectivity index (χ1) is 9.95. The molecule has 0 N–H and O–H groups in total. The van der Waals surface area contributed by atoms with Crippen LogP contribution in [0.15, 0.2) is 27.8 Å². The van der Waals surface area contributed by atoms with Crippen LogP contribution in [0.25, 0.3) is 11.0 Å². The molecule has 3 rings (SSSR count). The minimum absolute atomic E-state index is 0.184. The number of hydrogen-bond acceptors (Lipinski definition) is 5. The highest BCUT2D eigenvalue weighted by Gasteiger charge is 2.08. The number of aromatic nitrogens is 3. The molecule has 0 aliphatic carbocycles. The molecule has 0 aliphatic heterocycles. The van der Waals surface area contributed by atoms with Crippen molar-refractivity contribution in [3.05, 3.63) is 64.7 Å². The van der Waals surface area contributed by atoms with Crippen LogP contribution in [0, 0.1) is 6.92 Å². The Morgan fingerprint density at radius 2 is 2.00 bits per heavy atom. The summed E-state index contributed by atoms with van der Waals surface area (Å²) in [7, 11) is 0. The van der Waals surface area contributed by atoms with Crippen molar-refractivity contribution in [2.75, 3.05) is 0 Å². The van der Waals surface area contributed by atoms with Crippen LogP contribution in [-0.2, 0) is 0 Å². The Kier molecular flexibility index (Phi) is 3.52. The van der Waals surface area contributed by atoms with Gasteiger partial charge in [0.05, 0.1) is 14.6 Å². The van der Waals surface area contributed by atoms with E-state index < -0.39 is 5.56 Å². The lowest BCUT2D eigenvalue weighted by molar-refractivity contribution is 0.833. The van der Waals surface area contributed by atoms with Crippen molar-refractivity contribution in [3.8, 4) is 0 Å². The summed E-state index contributed by atoms with van der Waals surface area (Å²) in [6.07, 6.45) is 1.66. The fourth-order valence-electron chi connectivity index (χ4n) is 1.74. The van der Waals surface area contributed by atoms with Gasteiger partial charge in [-0.1, -0.05) is 40.6 Å². The third-order valence-corrected chi connectivity index (χ3v) is 4.48. The molecule has 106 valence electrons. The first kappa shape index (κ1) is 14.2. The van der Waals surface area contributed by atoms with Crippen LogP contribution in [0.5, 0.6) is 0 Å². The van der Waals surface area contributed by atoms with E-state index >= 15 is 0 Å². The summed E-state index contributed by atoms with van der Waals surface area (Å²) in [5.41, 5.74) is 0.158. The van der Waals surface area contributed by atoms with Gasteiger partial charge >= 0.3 is 0 Å². The lowest BCUT2D eigenvalue weighted by Crippen LogP contribution is -2.27. The molecule has 8 heteroatoms. The van der Waals surface area contributed by atoms with E-state index in [1.165, 1.54) is 6.92 Å². The SMILES string of the molecule is Cc1nn2c(=O)c(=Cc3ccc(Cl)c(Cl)c3)sc2nc1=O. The zero-order valence-corrected chi connectivity index (χ0v) is 13.0. The number of benzene rings is 1. The van der Waals surface area contributed by atoms with Gasteiger partial charge in [0.2, 0.25) is 4.96 Å². The van der Waals surface area contributed by atoms with Crippen LogP contribution >= 0.6 is 34.5 Å². The number of fused-ring (bicyclic) bond motifs is 1. The first-order valence-electron chi connectivity index (χ1n) is 5.83.